The van der Waals surface area contributed by atoms with Crippen molar-refractivity contribution in [2.45, 2.75) is 39.4 Å². The van der Waals surface area contributed by atoms with Crippen molar-refractivity contribution in [1.29, 1.82) is 0 Å². The van der Waals surface area contributed by atoms with Crippen LogP contribution in [-0.2, 0) is 22.7 Å². The van der Waals surface area contributed by atoms with Crippen molar-refractivity contribution in [3.05, 3.63) is 64.7 Å². The first-order valence-corrected chi connectivity index (χ1v) is 9.27. The molecular formula is C21H25ClN2O3. The number of methoxy groups -OCH3 is 1. The van der Waals surface area contributed by atoms with Crippen molar-refractivity contribution in [3.8, 4) is 5.75 Å². The lowest BCUT2D eigenvalue weighted by Gasteiger charge is -2.28. The van der Waals surface area contributed by atoms with E-state index in [1.165, 1.54) is 0 Å². The molecule has 0 heterocycles. The highest BCUT2D eigenvalue weighted by atomic mass is 35.5. The Kier molecular flexibility index (Phi) is 7.67. The second-order valence-corrected chi connectivity index (χ2v) is 6.68. The van der Waals surface area contributed by atoms with Gasteiger partial charge in [-0.05, 0) is 42.3 Å². The maximum absolute atomic E-state index is 12.6. The lowest BCUT2D eigenvalue weighted by atomic mass is 10.1. The van der Waals surface area contributed by atoms with E-state index < -0.39 is 6.04 Å². The Labute approximate surface area is 165 Å². The van der Waals surface area contributed by atoms with Gasteiger partial charge in [0.15, 0.2) is 0 Å². The fourth-order valence-electron chi connectivity index (χ4n) is 2.65. The molecule has 0 aliphatic heterocycles. The SMILES string of the molecule is CCC(=O)N(Cc1ccc(OC)cc1)C(C)C(=O)NCc1ccc(Cl)cc1. The van der Waals surface area contributed by atoms with Crippen LogP contribution in [0.2, 0.25) is 5.02 Å². The van der Waals surface area contributed by atoms with Crippen LogP contribution >= 0.6 is 11.6 Å². The molecule has 1 N–H and O–H groups in total. The summed E-state index contributed by atoms with van der Waals surface area (Å²) < 4.78 is 5.16. The van der Waals surface area contributed by atoms with E-state index in [0.29, 0.717) is 24.5 Å². The number of benzene rings is 2. The number of carbonyl (C=O) groups is 2. The minimum Gasteiger partial charge on any atom is -0.497 e. The lowest BCUT2D eigenvalue weighted by molar-refractivity contribution is -0.140. The average molecular weight is 389 g/mol. The van der Waals surface area contributed by atoms with E-state index in [9.17, 15) is 9.59 Å². The zero-order chi connectivity index (χ0) is 19.8. The topological polar surface area (TPSA) is 58.6 Å². The van der Waals surface area contributed by atoms with E-state index in [0.717, 1.165) is 16.9 Å². The molecule has 5 nitrogen and oxygen atoms in total. The molecule has 1 atom stereocenters. The quantitative estimate of drug-likeness (QED) is 0.748. The maximum atomic E-state index is 12.6. The number of rotatable bonds is 8. The molecule has 0 saturated carbocycles. The molecule has 144 valence electrons. The zero-order valence-corrected chi connectivity index (χ0v) is 16.6. The van der Waals surface area contributed by atoms with Crippen molar-refractivity contribution in [2.24, 2.45) is 0 Å². The second-order valence-electron chi connectivity index (χ2n) is 6.24. The third-order valence-electron chi connectivity index (χ3n) is 4.36. The van der Waals surface area contributed by atoms with Gasteiger partial charge >= 0.3 is 0 Å². The van der Waals surface area contributed by atoms with Gasteiger partial charge < -0.3 is 15.0 Å². The van der Waals surface area contributed by atoms with Crippen LogP contribution in [0.25, 0.3) is 0 Å². The molecular weight excluding hydrogens is 364 g/mol. The summed E-state index contributed by atoms with van der Waals surface area (Å²) in [6.07, 6.45) is 0.338. The van der Waals surface area contributed by atoms with Gasteiger partial charge in [0.1, 0.15) is 11.8 Å². The van der Waals surface area contributed by atoms with Gasteiger partial charge in [-0.25, -0.2) is 0 Å². The molecule has 0 saturated heterocycles. The molecule has 6 heteroatoms. The summed E-state index contributed by atoms with van der Waals surface area (Å²) in [6.45, 7) is 4.29. The number of carbonyl (C=O) groups excluding carboxylic acids is 2. The fraction of sp³-hybridized carbons (Fsp3) is 0.333. The highest BCUT2D eigenvalue weighted by molar-refractivity contribution is 6.30. The summed E-state index contributed by atoms with van der Waals surface area (Å²) >= 11 is 5.87. The number of hydrogen-bond donors (Lipinski definition) is 1. The number of ether oxygens (including phenoxy) is 1. The third kappa shape index (κ3) is 6.00. The van der Waals surface area contributed by atoms with E-state index in [1.54, 1.807) is 38.0 Å². The third-order valence-corrected chi connectivity index (χ3v) is 4.61. The predicted molar refractivity (Wildman–Crippen MR) is 107 cm³/mol. The van der Waals surface area contributed by atoms with Crippen LogP contribution in [0.4, 0.5) is 0 Å². The van der Waals surface area contributed by atoms with Crippen LogP contribution < -0.4 is 10.1 Å². The fourth-order valence-corrected chi connectivity index (χ4v) is 2.78. The molecule has 0 radical (unpaired) electrons. The zero-order valence-electron chi connectivity index (χ0n) is 15.9. The summed E-state index contributed by atoms with van der Waals surface area (Å²) in [6, 6.07) is 14.2. The highest BCUT2D eigenvalue weighted by Gasteiger charge is 2.24. The first kappa shape index (κ1) is 20.8. The predicted octanol–water partition coefficient (Wildman–Crippen LogP) is 3.79. The molecule has 0 bridgehead atoms. The molecule has 2 amide bonds. The highest BCUT2D eigenvalue weighted by Crippen LogP contribution is 2.16. The molecule has 0 spiro atoms. The first-order chi connectivity index (χ1) is 12.9. The maximum Gasteiger partial charge on any atom is 0.242 e. The average Bonchev–Trinajstić information content (AvgIpc) is 2.70. The van der Waals surface area contributed by atoms with Crippen molar-refractivity contribution in [1.82, 2.24) is 10.2 Å². The van der Waals surface area contributed by atoms with E-state index in [-0.39, 0.29) is 11.8 Å². The lowest BCUT2D eigenvalue weighted by Crippen LogP contribution is -2.47. The number of amides is 2. The molecule has 2 rings (SSSR count). The number of nitrogens with zero attached hydrogens (tertiary/aromatic N) is 1. The van der Waals surface area contributed by atoms with Crippen LogP contribution in [0.3, 0.4) is 0 Å². The summed E-state index contributed by atoms with van der Waals surface area (Å²) in [5.74, 6) is 0.487. The summed E-state index contributed by atoms with van der Waals surface area (Å²) in [7, 11) is 1.61. The van der Waals surface area contributed by atoms with Gasteiger partial charge in [-0.15, -0.1) is 0 Å². The Bertz CT molecular complexity index is 760. The van der Waals surface area contributed by atoms with Gasteiger partial charge in [0.05, 0.1) is 7.11 Å². The summed E-state index contributed by atoms with van der Waals surface area (Å²) in [5.41, 5.74) is 1.89. The summed E-state index contributed by atoms with van der Waals surface area (Å²) in [4.78, 5) is 26.6. The Morgan fingerprint density at radius 2 is 1.67 bits per heavy atom. The number of nitrogens with one attached hydrogen (secondary N) is 1. The van der Waals surface area contributed by atoms with E-state index in [1.807, 2.05) is 36.4 Å². The molecule has 1 unspecified atom stereocenters. The van der Waals surface area contributed by atoms with Crippen molar-refractivity contribution < 1.29 is 14.3 Å². The normalized spacial score (nSPS) is 11.6. The largest absolute Gasteiger partial charge is 0.497 e. The molecule has 27 heavy (non-hydrogen) atoms. The minimum absolute atomic E-state index is 0.0695. The van der Waals surface area contributed by atoms with Gasteiger partial charge in [0, 0.05) is 24.5 Å². The van der Waals surface area contributed by atoms with E-state index >= 15 is 0 Å². The van der Waals surface area contributed by atoms with E-state index in [4.69, 9.17) is 16.3 Å². The number of hydrogen-bond acceptors (Lipinski definition) is 3. The molecule has 0 aromatic heterocycles. The Hall–Kier alpha value is -2.53. The Morgan fingerprint density at radius 3 is 2.22 bits per heavy atom. The van der Waals surface area contributed by atoms with Crippen LogP contribution in [0.15, 0.2) is 48.5 Å². The molecule has 0 fully saturated rings. The minimum atomic E-state index is -0.577. The van der Waals surface area contributed by atoms with Crippen LogP contribution in [-0.4, -0.2) is 29.9 Å². The Balaban J connectivity index is 2.03. The molecule has 2 aromatic rings. The number of halogens is 1. The van der Waals surface area contributed by atoms with Gasteiger partial charge in [-0.1, -0.05) is 42.8 Å². The Morgan fingerprint density at radius 1 is 1.07 bits per heavy atom. The van der Waals surface area contributed by atoms with Gasteiger partial charge in [0.2, 0.25) is 11.8 Å². The van der Waals surface area contributed by atoms with Crippen molar-refractivity contribution in [3.63, 3.8) is 0 Å². The van der Waals surface area contributed by atoms with Crippen LogP contribution in [0.5, 0.6) is 5.75 Å². The van der Waals surface area contributed by atoms with Gasteiger partial charge in [-0.3, -0.25) is 9.59 Å². The molecule has 0 aliphatic carbocycles. The molecule has 0 aliphatic rings. The van der Waals surface area contributed by atoms with Gasteiger partial charge in [-0.2, -0.15) is 0 Å². The first-order valence-electron chi connectivity index (χ1n) is 8.89. The van der Waals surface area contributed by atoms with Crippen LogP contribution in [0, 0.1) is 0 Å². The second kappa shape index (κ2) is 9.97. The van der Waals surface area contributed by atoms with Crippen molar-refractivity contribution in [2.75, 3.05) is 7.11 Å². The smallest absolute Gasteiger partial charge is 0.242 e. The van der Waals surface area contributed by atoms with Crippen molar-refractivity contribution >= 4 is 23.4 Å². The van der Waals surface area contributed by atoms with Gasteiger partial charge in [0.25, 0.3) is 0 Å². The standard InChI is InChI=1S/C21H25ClN2O3/c1-4-20(25)24(14-17-7-11-19(27-3)12-8-17)15(2)21(26)23-13-16-5-9-18(22)10-6-16/h5-12,15H,4,13-14H2,1-3H3,(H,23,26). The van der Waals surface area contributed by atoms with Crippen LogP contribution in [0.1, 0.15) is 31.4 Å². The molecule has 2 aromatic carbocycles. The van der Waals surface area contributed by atoms with E-state index in [2.05, 4.69) is 5.32 Å². The monoisotopic (exact) mass is 388 g/mol. The summed E-state index contributed by atoms with van der Waals surface area (Å²) in [5, 5.41) is 3.54.